The van der Waals surface area contributed by atoms with E-state index < -0.39 is 0 Å². The van der Waals surface area contributed by atoms with E-state index in [1.807, 2.05) is 12.3 Å². The summed E-state index contributed by atoms with van der Waals surface area (Å²) in [5, 5.41) is 0. The fraction of sp³-hybridized carbons (Fsp3) is 0.588. The van der Waals surface area contributed by atoms with Crippen molar-refractivity contribution in [1.82, 2.24) is 9.88 Å². The van der Waals surface area contributed by atoms with Crippen LogP contribution in [-0.4, -0.2) is 28.6 Å². The van der Waals surface area contributed by atoms with Crippen molar-refractivity contribution < 1.29 is 0 Å². The van der Waals surface area contributed by atoms with Crippen molar-refractivity contribution in [3.05, 3.63) is 35.7 Å². The van der Waals surface area contributed by atoms with Crippen LogP contribution in [0.4, 0.5) is 0 Å². The normalized spacial score (nSPS) is 30.2. The molecule has 3 rings (SSSR count). The van der Waals surface area contributed by atoms with Gasteiger partial charge in [-0.15, -0.1) is 0 Å². The summed E-state index contributed by atoms with van der Waals surface area (Å²) < 4.78 is 0. The molecular formula is C17H25N3. The molecule has 2 heterocycles. The first kappa shape index (κ1) is 13.8. The number of hydrogen-bond donors (Lipinski definition) is 1. The molecule has 2 N–H and O–H groups in total. The molecule has 108 valence electrons. The summed E-state index contributed by atoms with van der Waals surface area (Å²) >= 11 is 0. The zero-order chi connectivity index (χ0) is 13.9. The number of nitrogens with zero attached hydrogens (tertiary/aromatic N) is 2. The summed E-state index contributed by atoms with van der Waals surface area (Å²) in [5.74, 6) is 0.827. The SMILES string of the molecule is CCCC1CCN(C2C=Cc3ncccc3C2)C(N)C1. The average Bonchev–Trinajstić information content (AvgIpc) is 2.47. The Morgan fingerprint density at radius 3 is 3.15 bits per heavy atom. The van der Waals surface area contributed by atoms with E-state index in [0.717, 1.165) is 31.0 Å². The molecule has 3 heteroatoms. The van der Waals surface area contributed by atoms with Gasteiger partial charge in [0, 0.05) is 18.8 Å². The minimum Gasteiger partial charge on any atom is -0.316 e. The molecule has 1 saturated heterocycles. The summed E-state index contributed by atoms with van der Waals surface area (Å²) in [4.78, 5) is 6.90. The third kappa shape index (κ3) is 2.79. The van der Waals surface area contributed by atoms with E-state index in [4.69, 9.17) is 5.73 Å². The van der Waals surface area contributed by atoms with Gasteiger partial charge in [-0.25, -0.2) is 0 Å². The van der Waals surface area contributed by atoms with Crippen molar-refractivity contribution >= 4 is 6.08 Å². The topological polar surface area (TPSA) is 42.2 Å². The molecule has 20 heavy (non-hydrogen) atoms. The van der Waals surface area contributed by atoms with Crippen molar-refractivity contribution in [2.45, 2.75) is 51.2 Å². The van der Waals surface area contributed by atoms with Gasteiger partial charge in [-0.05, 0) is 42.9 Å². The molecule has 0 radical (unpaired) electrons. The molecule has 0 aromatic carbocycles. The van der Waals surface area contributed by atoms with Gasteiger partial charge in [0.05, 0.1) is 11.9 Å². The number of hydrogen-bond acceptors (Lipinski definition) is 3. The Labute approximate surface area is 121 Å². The zero-order valence-corrected chi connectivity index (χ0v) is 12.3. The number of piperidine rings is 1. The van der Waals surface area contributed by atoms with Gasteiger partial charge in [0.1, 0.15) is 0 Å². The Balaban J connectivity index is 1.67. The first-order valence-electron chi connectivity index (χ1n) is 7.91. The molecule has 0 bridgehead atoms. The highest BCUT2D eigenvalue weighted by Gasteiger charge is 2.30. The minimum atomic E-state index is 0.216. The Hall–Kier alpha value is -1.19. The van der Waals surface area contributed by atoms with Gasteiger partial charge in [0.15, 0.2) is 0 Å². The van der Waals surface area contributed by atoms with E-state index in [2.05, 4.69) is 35.0 Å². The maximum Gasteiger partial charge on any atom is 0.0659 e. The predicted octanol–water partition coefficient (Wildman–Crippen LogP) is 2.82. The van der Waals surface area contributed by atoms with Crippen LogP contribution in [0.5, 0.6) is 0 Å². The van der Waals surface area contributed by atoms with Crippen molar-refractivity contribution in [1.29, 1.82) is 0 Å². The highest BCUT2D eigenvalue weighted by atomic mass is 15.2. The summed E-state index contributed by atoms with van der Waals surface area (Å²) in [5.41, 5.74) is 8.90. The Kier molecular flexibility index (Phi) is 4.18. The average molecular weight is 271 g/mol. The lowest BCUT2D eigenvalue weighted by Gasteiger charge is -2.42. The van der Waals surface area contributed by atoms with Gasteiger partial charge in [-0.1, -0.05) is 31.9 Å². The van der Waals surface area contributed by atoms with Crippen LogP contribution in [0.25, 0.3) is 6.08 Å². The minimum absolute atomic E-state index is 0.216. The Bertz CT molecular complexity index is 483. The van der Waals surface area contributed by atoms with Gasteiger partial charge in [0.2, 0.25) is 0 Å². The second kappa shape index (κ2) is 6.06. The van der Waals surface area contributed by atoms with Crippen molar-refractivity contribution in [3.63, 3.8) is 0 Å². The number of rotatable bonds is 3. The van der Waals surface area contributed by atoms with Crippen molar-refractivity contribution in [2.24, 2.45) is 11.7 Å². The molecule has 1 aromatic heterocycles. The van der Waals surface area contributed by atoms with Gasteiger partial charge in [-0.3, -0.25) is 9.88 Å². The lowest BCUT2D eigenvalue weighted by molar-refractivity contribution is 0.0854. The first-order chi connectivity index (χ1) is 9.78. The van der Waals surface area contributed by atoms with Gasteiger partial charge in [0.25, 0.3) is 0 Å². The first-order valence-corrected chi connectivity index (χ1v) is 7.91. The number of pyridine rings is 1. The second-order valence-electron chi connectivity index (χ2n) is 6.16. The number of fused-ring (bicyclic) bond motifs is 1. The fourth-order valence-corrected chi connectivity index (χ4v) is 3.67. The maximum atomic E-state index is 6.43. The standard InChI is InChI=1S/C17H25N3/c1-2-4-13-8-10-20(17(18)11-13)15-6-7-16-14(12-15)5-3-9-19-16/h3,5-7,9,13,15,17H,2,4,8,10-12,18H2,1H3. The molecule has 3 unspecified atom stereocenters. The lowest BCUT2D eigenvalue weighted by Crippen LogP contribution is -2.53. The van der Waals surface area contributed by atoms with E-state index in [1.54, 1.807) is 0 Å². The van der Waals surface area contributed by atoms with Crippen LogP contribution < -0.4 is 5.73 Å². The second-order valence-corrected chi connectivity index (χ2v) is 6.16. The number of likely N-dealkylation sites (tertiary alicyclic amines) is 1. The van der Waals surface area contributed by atoms with E-state index in [9.17, 15) is 0 Å². The molecule has 1 aliphatic heterocycles. The summed E-state index contributed by atoms with van der Waals surface area (Å²) in [6.07, 6.45) is 12.6. The van der Waals surface area contributed by atoms with Crippen LogP contribution in [0.1, 0.15) is 43.9 Å². The monoisotopic (exact) mass is 271 g/mol. The molecule has 1 aliphatic carbocycles. The number of aromatic nitrogens is 1. The van der Waals surface area contributed by atoms with Crippen LogP contribution in [0.2, 0.25) is 0 Å². The quantitative estimate of drug-likeness (QED) is 0.919. The van der Waals surface area contributed by atoms with Crippen LogP contribution in [0.3, 0.4) is 0 Å². The van der Waals surface area contributed by atoms with E-state index in [-0.39, 0.29) is 6.17 Å². The van der Waals surface area contributed by atoms with Gasteiger partial charge in [-0.2, -0.15) is 0 Å². The van der Waals surface area contributed by atoms with Crippen molar-refractivity contribution in [3.8, 4) is 0 Å². The third-order valence-corrected chi connectivity index (χ3v) is 4.75. The molecule has 0 spiro atoms. The molecule has 3 nitrogen and oxygen atoms in total. The maximum absolute atomic E-state index is 6.43. The Morgan fingerprint density at radius 1 is 1.45 bits per heavy atom. The highest BCUT2D eigenvalue weighted by Crippen LogP contribution is 2.29. The summed E-state index contributed by atoms with van der Waals surface area (Å²) in [7, 11) is 0. The molecule has 3 atom stereocenters. The number of nitrogens with two attached hydrogens (primary N) is 1. The van der Waals surface area contributed by atoms with E-state index in [1.165, 1.54) is 24.8 Å². The van der Waals surface area contributed by atoms with Crippen molar-refractivity contribution in [2.75, 3.05) is 6.54 Å². The van der Waals surface area contributed by atoms with E-state index >= 15 is 0 Å². The fourth-order valence-electron chi connectivity index (χ4n) is 3.67. The Morgan fingerprint density at radius 2 is 2.35 bits per heavy atom. The smallest absolute Gasteiger partial charge is 0.0659 e. The van der Waals surface area contributed by atoms with Crippen LogP contribution in [0, 0.1) is 5.92 Å². The molecule has 2 aliphatic rings. The highest BCUT2D eigenvalue weighted by molar-refractivity contribution is 5.53. The molecule has 1 fully saturated rings. The molecular weight excluding hydrogens is 246 g/mol. The predicted molar refractivity (Wildman–Crippen MR) is 83.1 cm³/mol. The van der Waals surface area contributed by atoms with Gasteiger partial charge < -0.3 is 5.73 Å². The molecule has 0 amide bonds. The van der Waals surface area contributed by atoms with Crippen LogP contribution >= 0.6 is 0 Å². The largest absolute Gasteiger partial charge is 0.316 e. The van der Waals surface area contributed by atoms with E-state index in [0.29, 0.717) is 6.04 Å². The molecule has 0 saturated carbocycles. The lowest BCUT2D eigenvalue weighted by atomic mass is 9.88. The third-order valence-electron chi connectivity index (χ3n) is 4.75. The van der Waals surface area contributed by atoms with Gasteiger partial charge >= 0.3 is 0 Å². The van der Waals surface area contributed by atoms with Crippen LogP contribution in [0.15, 0.2) is 24.4 Å². The van der Waals surface area contributed by atoms with Crippen LogP contribution in [-0.2, 0) is 6.42 Å². The molecule has 1 aromatic rings. The zero-order valence-electron chi connectivity index (χ0n) is 12.3. The summed E-state index contributed by atoms with van der Waals surface area (Å²) in [6.45, 7) is 3.40. The summed E-state index contributed by atoms with van der Waals surface area (Å²) in [6, 6.07) is 4.67.